The fraction of sp³-hybridized carbons (Fsp3) is 0.167. The number of para-hydroxylation sites is 1. The summed E-state index contributed by atoms with van der Waals surface area (Å²) in [5.41, 5.74) is 7.19. The van der Waals surface area contributed by atoms with Gasteiger partial charge in [0.25, 0.3) is 0 Å². The maximum Gasteiger partial charge on any atom is 0.318 e. The third-order valence-corrected chi connectivity index (χ3v) is 6.03. The van der Waals surface area contributed by atoms with E-state index in [4.69, 9.17) is 10.5 Å². The zero-order chi connectivity index (χ0) is 24.7. The van der Waals surface area contributed by atoms with Gasteiger partial charge in [0.15, 0.2) is 11.6 Å². The number of ether oxygens (including phenoxy) is 1. The molecule has 11 heteroatoms. The number of fused-ring (bicyclic) bond motifs is 2. The highest BCUT2D eigenvalue weighted by molar-refractivity contribution is 5.97. The lowest BCUT2D eigenvalue weighted by Gasteiger charge is -2.37. The zero-order valence-corrected chi connectivity index (χ0v) is 18.8. The lowest BCUT2D eigenvalue weighted by Crippen LogP contribution is -2.46. The first-order valence-corrected chi connectivity index (χ1v) is 10.7. The molecular formula is C24H20FN7O3. The van der Waals surface area contributed by atoms with E-state index in [0.717, 1.165) is 11.3 Å². The topological polar surface area (TPSA) is 138 Å². The Balaban J connectivity index is 1.58. The van der Waals surface area contributed by atoms with Crippen LogP contribution in [-0.4, -0.2) is 37.1 Å². The summed E-state index contributed by atoms with van der Waals surface area (Å²) in [6.07, 6.45) is 1.49. The number of nitrogens with zero attached hydrogens (tertiary/aromatic N) is 5. The van der Waals surface area contributed by atoms with E-state index in [9.17, 15) is 14.0 Å². The third kappa shape index (κ3) is 3.86. The van der Waals surface area contributed by atoms with Crippen LogP contribution in [0.2, 0.25) is 0 Å². The van der Waals surface area contributed by atoms with Gasteiger partial charge in [-0.2, -0.15) is 0 Å². The Labute approximate surface area is 198 Å². The number of imide groups is 1. The second-order valence-corrected chi connectivity index (χ2v) is 8.63. The van der Waals surface area contributed by atoms with Gasteiger partial charge in [-0.25, -0.2) is 18.9 Å². The number of aromatic nitrogens is 5. The van der Waals surface area contributed by atoms with Crippen LogP contribution in [0.5, 0.6) is 11.6 Å². The van der Waals surface area contributed by atoms with Crippen LogP contribution in [0.25, 0.3) is 16.9 Å². The molecule has 0 radical (unpaired) electrons. The van der Waals surface area contributed by atoms with Gasteiger partial charge in [0.2, 0.25) is 11.8 Å². The fourth-order valence-electron chi connectivity index (χ4n) is 4.28. The maximum atomic E-state index is 14.8. The SMILES string of the molecule is CC(C)(C(=O)NC(N)=O)[C@@H]1c2ccc(-c3ccc(-n4cnnn4)cc3)nc2Oc2c(F)cccc21. The molecule has 5 rings (SSSR count). The summed E-state index contributed by atoms with van der Waals surface area (Å²) in [5.74, 6) is -1.67. The second-order valence-electron chi connectivity index (χ2n) is 8.63. The summed E-state index contributed by atoms with van der Waals surface area (Å²) in [6.45, 7) is 3.32. The van der Waals surface area contributed by atoms with Crippen molar-refractivity contribution in [1.29, 1.82) is 0 Å². The summed E-state index contributed by atoms with van der Waals surface area (Å²) >= 11 is 0. The first kappa shape index (κ1) is 22.1. The number of benzene rings is 2. The fourth-order valence-corrected chi connectivity index (χ4v) is 4.28. The molecule has 1 aliphatic rings. The van der Waals surface area contributed by atoms with Crippen LogP contribution in [-0.2, 0) is 4.79 Å². The maximum absolute atomic E-state index is 14.8. The number of hydrogen-bond donors (Lipinski definition) is 2. The number of carbonyl (C=O) groups excluding carboxylic acids is 2. The summed E-state index contributed by atoms with van der Waals surface area (Å²) in [6, 6.07) is 14.5. The molecule has 3 heterocycles. The number of primary amides is 1. The number of rotatable bonds is 4. The van der Waals surface area contributed by atoms with Crippen LogP contribution < -0.4 is 15.8 Å². The molecule has 3 N–H and O–H groups in total. The van der Waals surface area contributed by atoms with Gasteiger partial charge >= 0.3 is 6.03 Å². The number of halogens is 1. The van der Waals surface area contributed by atoms with Gasteiger partial charge in [-0.1, -0.05) is 44.2 Å². The molecule has 35 heavy (non-hydrogen) atoms. The zero-order valence-electron chi connectivity index (χ0n) is 18.8. The highest BCUT2D eigenvalue weighted by Crippen LogP contribution is 2.52. The first-order chi connectivity index (χ1) is 16.8. The van der Waals surface area contributed by atoms with E-state index in [0.29, 0.717) is 16.8 Å². The Bertz CT molecular complexity index is 1440. The highest BCUT2D eigenvalue weighted by atomic mass is 19.1. The van der Waals surface area contributed by atoms with Crippen LogP contribution >= 0.6 is 0 Å². The van der Waals surface area contributed by atoms with Crippen molar-refractivity contribution in [2.75, 3.05) is 0 Å². The van der Waals surface area contributed by atoms with E-state index in [2.05, 4.69) is 25.8 Å². The van der Waals surface area contributed by atoms with Crippen LogP contribution in [0.3, 0.4) is 0 Å². The van der Waals surface area contributed by atoms with Crippen LogP contribution in [0.15, 0.2) is 60.9 Å². The van der Waals surface area contributed by atoms with Gasteiger partial charge in [0, 0.05) is 22.6 Å². The summed E-state index contributed by atoms with van der Waals surface area (Å²) in [4.78, 5) is 28.9. The van der Waals surface area contributed by atoms with Crippen LogP contribution in [0, 0.1) is 11.2 Å². The predicted molar refractivity (Wildman–Crippen MR) is 122 cm³/mol. The summed E-state index contributed by atoms with van der Waals surface area (Å²) < 4.78 is 22.2. The Morgan fingerprint density at radius 3 is 2.54 bits per heavy atom. The Morgan fingerprint density at radius 2 is 1.86 bits per heavy atom. The van der Waals surface area contributed by atoms with E-state index in [-0.39, 0.29) is 11.6 Å². The molecule has 3 amide bonds. The summed E-state index contributed by atoms with van der Waals surface area (Å²) in [5, 5.41) is 13.3. The van der Waals surface area contributed by atoms with Crippen molar-refractivity contribution in [2.24, 2.45) is 11.1 Å². The number of urea groups is 1. The first-order valence-electron chi connectivity index (χ1n) is 10.7. The number of pyridine rings is 1. The monoisotopic (exact) mass is 473 g/mol. The van der Waals surface area contributed by atoms with E-state index in [1.54, 1.807) is 38.1 Å². The quantitative estimate of drug-likeness (QED) is 0.464. The minimum atomic E-state index is -1.19. The average molecular weight is 473 g/mol. The standard InChI is InChI=1S/C24H20FN7O3/c1-24(2,22(33)29-23(26)34)19-15-4-3-5-17(25)20(15)35-21-16(19)10-11-18(28-21)13-6-8-14(9-7-13)32-12-27-30-31-32/h3-12,19H,1-2H3,(H3,26,29,33,34)/t19-/m0/s1. The molecular weight excluding hydrogens is 453 g/mol. The molecule has 1 aliphatic heterocycles. The summed E-state index contributed by atoms with van der Waals surface area (Å²) in [7, 11) is 0. The van der Waals surface area contributed by atoms with Gasteiger partial charge in [-0.15, -0.1) is 5.10 Å². The largest absolute Gasteiger partial charge is 0.435 e. The van der Waals surface area contributed by atoms with Gasteiger partial charge in [0.05, 0.1) is 16.8 Å². The van der Waals surface area contributed by atoms with Crippen LogP contribution in [0.4, 0.5) is 9.18 Å². The number of nitrogens with two attached hydrogens (primary N) is 1. The van der Waals surface area contributed by atoms with Crippen molar-refractivity contribution in [3.05, 3.63) is 77.9 Å². The van der Waals surface area contributed by atoms with E-state index >= 15 is 0 Å². The van der Waals surface area contributed by atoms with Crippen molar-refractivity contribution < 1.29 is 18.7 Å². The highest BCUT2D eigenvalue weighted by Gasteiger charge is 2.45. The average Bonchev–Trinajstić information content (AvgIpc) is 3.37. The number of nitrogens with one attached hydrogen (secondary N) is 1. The Kier molecular flexibility index (Phi) is 5.24. The number of tetrazole rings is 1. The number of amides is 3. The van der Waals surface area contributed by atoms with Gasteiger partial charge in [-0.3, -0.25) is 10.1 Å². The molecule has 1 atom stereocenters. The predicted octanol–water partition coefficient (Wildman–Crippen LogP) is 3.32. The third-order valence-electron chi connectivity index (χ3n) is 6.03. The number of hydrogen-bond acceptors (Lipinski definition) is 7. The normalized spacial score (nSPS) is 14.4. The van der Waals surface area contributed by atoms with Crippen molar-refractivity contribution in [1.82, 2.24) is 30.5 Å². The molecule has 4 aromatic rings. The minimum Gasteiger partial charge on any atom is -0.435 e. The molecule has 0 fully saturated rings. The molecule has 0 unspecified atom stereocenters. The molecule has 0 spiro atoms. The Morgan fingerprint density at radius 1 is 1.09 bits per heavy atom. The van der Waals surface area contributed by atoms with E-state index in [1.165, 1.54) is 17.1 Å². The molecule has 176 valence electrons. The molecule has 0 bridgehead atoms. The van der Waals surface area contributed by atoms with Gasteiger partial charge in [-0.05, 0) is 34.7 Å². The molecule has 2 aromatic heterocycles. The van der Waals surface area contributed by atoms with Crippen LogP contribution in [0.1, 0.15) is 30.9 Å². The van der Waals surface area contributed by atoms with Crippen molar-refractivity contribution in [3.8, 4) is 28.6 Å². The van der Waals surface area contributed by atoms with Crippen molar-refractivity contribution in [2.45, 2.75) is 19.8 Å². The lowest BCUT2D eigenvalue weighted by molar-refractivity contribution is -0.128. The second kappa shape index (κ2) is 8.28. The molecule has 0 saturated heterocycles. The molecule has 2 aromatic carbocycles. The smallest absolute Gasteiger partial charge is 0.318 e. The minimum absolute atomic E-state index is 0.0105. The number of carbonyl (C=O) groups is 2. The molecule has 10 nitrogen and oxygen atoms in total. The van der Waals surface area contributed by atoms with Gasteiger partial charge in [0.1, 0.15) is 6.33 Å². The molecule has 0 saturated carbocycles. The van der Waals surface area contributed by atoms with E-state index in [1.807, 2.05) is 24.3 Å². The van der Waals surface area contributed by atoms with Gasteiger partial charge < -0.3 is 10.5 Å². The lowest BCUT2D eigenvalue weighted by atomic mass is 9.69. The molecule has 0 aliphatic carbocycles. The van der Waals surface area contributed by atoms with E-state index < -0.39 is 29.1 Å². The Hall–Kier alpha value is -4.67. The van der Waals surface area contributed by atoms with Crippen molar-refractivity contribution >= 4 is 11.9 Å². The van der Waals surface area contributed by atoms with Crippen molar-refractivity contribution in [3.63, 3.8) is 0 Å².